The van der Waals surface area contributed by atoms with Crippen LogP contribution in [-0.4, -0.2) is 10.2 Å². The molecule has 2 aromatic rings. The van der Waals surface area contributed by atoms with Crippen molar-refractivity contribution in [3.63, 3.8) is 0 Å². The van der Waals surface area contributed by atoms with Crippen LogP contribution in [0.15, 0.2) is 41.3 Å². The average Bonchev–Trinajstić information content (AvgIpc) is 2.23. The van der Waals surface area contributed by atoms with E-state index in [1.807, 2.05) is 30.3 Å². The maximum absolute atomic E-state index is 11.2. The molecule has 1 aromatic carbocycles. The molecule has 4 nitrogen and oxygen atoms in total. The third-order valence-corrected chi connectivity index (χ3v) is 1.98. The summed E-state index contributed by atoms with van der Waals surface area (Å²) in [5.41, 5.74) is 7.03. The van der Waals surface area contributed by atoms with Gasteiger partial charge in [0.2, 0.25) is 0 Å². The van der Waals surface area contributed by atoms with Gasteiger partial charge in [0.25, 0.3) is 5.56 Å². The van der Waals surface area contributed by atoms with Crippen LogP contribution < -0.4 is 11.3 Å². The van der Waals surface area contributed by atoms with E-state index in [1.165, 1.54) is 0 Å². The van der Waals surface area contributed by atoms with Crippen molar-refractivity contribution in [1.29, 1.82) is 0 Å². The number of aromatic amines is 1. The molecular weight excluding hydrogens is 178 g/mol. The molecule has 0 saturated heterocycles. The van der Waals surface area contributed by atoms with E-state index in [-0.39, 0.29) is 11.2 Å². The first kappa shape index (κ1) is 8.50. The van der Waals surface area contributed by atoms with Crippen molar-refractivity contribution in [3.8, 4) is 11.1 Å². The van der Waals surface area contributed by atoms with E-state index >= 15 is 0 Å². The van der Waals surface area contributed by atoms with E-state index in [1.54, 1.807) is 6.20 Å². The molecule has 4 heteroatoms. The number of H-pyrrole nitrogens is 1. The number of aromatic nitrogens is 2. The fraction of sp³-hybridized carbons (Fsp3) is 0. The van der Waals surface area contributed by atoms with E-state index in [0.29, 0.717) is 5.56 Å². The molecular formula is C10H9N3O. The third-order valence-electron chi connectivity index (χ3n) is 1.98. The van der Waals surface area contributed by atoms with Gasteiger partial charge in [-0.15, -0.1) is 0 Å². The zero-order valence-corrected chi connectivity index (χ0v) is 7.40. The Bertz CT molecular complexity index is 490. The number of nitrogens with zero attached hydrogens (tertiary/aromatic N) is 1. The summed E-state index contributed by atoms with van der Waals surface area (Å²) in [4.78, 5) is 11.2. The van der Waals surface area contributed by atoms with Gasteiger partial charge in [0, 0.05) is 5.56 Å². The van der Waals surface area contributed by atoms with E-state index in [0.717, 1.165) is 5.56 Å². The Morgan fingerprint density at radius 2 is 1.93 bits per heavy atom. The minimum absolute atomic E-state index is 0.200. The van der Waals surface area contributed by atoms with Gasteiger partial charge in [-0.25, -0.2) is 5.10 Å². The van der Waals surface area contributed by atoms with Gasteiger partial charge in [-0.3, -0.25) is 4.79 Å². The first-order chi connectivity index (χ1) is 6.79. The maximum Gasteiger partial charge on any atom is 0.287 e. The molecule has 0 radical (unpaired) electrons. The molecule has 2 rings (SSSR count). The molecule has 0 saturated carbocycles. The molecule has 0 bridgehead atoms. The van der Waals surface area contributed by atoms with Crippen molar-refractivity contribution in [3.05, 3.63) is 46.9 Å². The van der Waals surface area contributed by atoms with Gasteiger partial charge in [-0.1, -0.05) is 30.3 Å². The Morgan fingerprint density at radius 1 is 1.21 bits per heavy atom. The molecule has 70 valence electrons. The van der Waals surface area contributed by atoms with Gasteiger partial charge in [-0.2, -0.15) is 5.10 Å². The third kappa shape index (κ3) is 1.37. The number of rotatable bonds is 1. The van der Waals surface area contributed by atoms with Gasteiger partial charge in [-0.05, 0) is 5.56 Å². The largest absolute Gasteiger partial charge is 0.394 e. The highest BCUT2D eigenvalue weighted by atomic mass is 16.1. The van der Waals surface area contributed by atoms with Crippen LogP contribution in [0.5, 0.6) is 0 Å². The Hall–Kier alpha value is -2.10. The molecule has 0 amide bonds. The maximum atomic E-state index is 11.2. The molecule has 1 aromatic heterocycles. The Balaban J connectivity index is 2.64. The highest BCUT2D eigenvalue weighted by Crippen LogP contribution is 2.20. The van der Waals surface area contributed by atoms with Crippen molar-refractivity contribution < 1.29 is 0 Å². The van der Waals surface area contributed by atoms with Crippen molar-refractivity contribution in [1.82, 2.24) is 10.2 Å². The number of nitrogens with one attached hydrogen (secondary N) is 1. The number of nitrogens with two attached hydrogens (primary N) is 1. The Morgan fingerprint density at radius 3 is 2.64 bits per heavy atom. The summed E-state index contributed by atoms with van der Waals surface area (Å²) in [6.45, 7) is 0. The van der Waals surface area contributed by atoms with Crippen LogP contribution >= 0.6 is 0 Å². The van der Waals surface area contributed by atoms with Crippen LogP contribution in [0.4, 0.5) is 5.69 Å². The second-order valence-electron chi connectivity index (χ2n) is 2.89. The normalized spacial score (nSPS) is 10.0. The standard InChI is InChI=1S/C10H9N3O/c11-9-8(6-12-13-10(9)14)7-4-2-1-3-5-7/h1-6H,(H2,11,12)(H,13,14). The second-order valence-corrected chi connectivity index (χ2v) is 2.89. The van der Waals surface area contributed by atoms with Crippen molar-refractivity contribution in [2.24, 2.45) is 0 Å². The lowest BCUT2D eigenvalue weighted by molar-refractivity contribution is 0.995. The van der Waals surface area contributed by atoms with E-state index < -0.39 is 0 Å². The topological polar surface area (TPSA) is 71.8 Å². The van der Waals surface area contributed by atoms with E-state index in [4.69, 9.17) is 5.73 Å². The molecule has 0 unspecified atom stereocenters. The van der Waals surface area contributed by atoms with Crippen LogP contribution in [0, 0.1) is 0 Å². The monoisotopic (exact) mass is 187 g/mol. The minimum Gasteiger partial charge on any atom is -0.394 e. The highest BCUT2D eigenvalue weighted by Gasteiger charge is 2.04. The molecule has 3 N–H and O–H groups in total. The van der Waals surface area contributed by atoms with E-state index in [2.05, 4.69) is 10.2 Å². The summed E-state index contributed by atoms with van der Waals surface area (Å²) in [5, 5.41) is 5.98. The second kappa shape index (κ2) is 3.33. The van der Waals surface area contributed by atoms with Gasteiger partial charge < -0.3 is 5.73 Å². The zero-order valence-electron chi connectivity index (χ0n) is 7.40. The SMILES string of the molecule is Nc1c(-c2ccccc2)cn[nH]c1=O. The van der Waals surface area contributed by atoms with Gasteiger partial charge in [0.15, 0.2) is 0 Å². The smallest absolute Gasteiger partial charge is 0.287 e. The average molecular weight is 187 g/mol. The predicted octanol–water partition coefficient (Wildman–Crippen LogP) is 1.02. The fourth-order valence-corrected chi connectivity index (χ4v) is 1.26. The summed E-state index contributed by atoms with van der Waals surface area (Å²) < 4.78 is 0. The highest BCUT2D eigenvalue weighted by molar-refractivity contribution is 5.74. The summed E-state index contributed by atoms with van der Waals surface area (Å²) in [7, 11) is 0. The molecule has 0 atom stereocenters. The fourth-order valence-electron chi connectivity index (χ4n) is 1.26. The van der Waals surface area contributed by atoms with E-state index in [9.17, 15) is 4.79 Å². The molecule has 0 fully saturated rings. The minimum atomic E-state index is -0.355. The number of anilines is 1. The van der Waals surface area contributed by atoms with Crippen LogP contribution in [0.3, 0.4) is 0 Å². The summed E-state index contributed by atoms with van der Waals surface area (Å²) in [6, 6.07) is 9.44. The Kier molecular flexibility index (Phi) is 2.02. The van der Waals surface area contributed by atoms with Gasteiger partial charge in [0.1, 0.15) is 5.69 Å². The predicted molar refractivity (Wildman–Crippen MR) is 54.7 cm³/mol. The number of hydrogen-bond acceptors (Lipinski definition) is 3. The van der Waals surface area contributed by atoms with Gasteiger partial charge >= 0.3 is 0 Å². The van der Waals surface area contributed by atoms with Crippen LogP contribution in [0.25, 0.3) is 11.1 Å². The van der Waals surface area contributed by atoms with Gasteiger partial charge in [0.05, 0.1) is 6.20 Å². The lowest BCUT2D eigenvalue weighted by Crippen LogP contribution is -2.13. The van der Waals surface area contributed by atoms with Crippen molar-refractivity contribution >= 4 is 5.69 Å². The summed E-state index contributed by atoms with van der Waals surface area (Å²) in [5.74, 6) is 0. The first-order valence-corrected chi connectivity index (χ1v) is 4.17. The van der Waals surface area contributed by atoms with Crippen molar-refractivity contribution in [2.45, 2.75) is 0 Å². The molecule has 14 heavy (non-hydrogen) atoms. The lowest BCUT2D eigenvalue weighted by atomic mass is 10.1. The van der Waals surface area contributed by atoms with Crippen LogP contribution in [0.2, 0.25) is 0 Å². The van der Waals surface area contributed by atoms with Crippen LogP contribution in [0.1, 0.15) is 0 Å². The summed E-state index contributed by atoms with van der Waals surface area (Å²) in [6.07, 6.45) is 1.55. The lowest BCUT2D eigenvalue weighted by Gasteiger charge is -2.02. The number of nitrogen functional groups attached to an aromatic ring is 1. The van der Waals surface area contributed by atoms with Crippen LogP contribution in [-0.2, 0) is 0 Å². The summed E-state index contributed by atoms with van der Waals surface area (Å²) >= 11 is 0. The molecule has 1 heterocycles. The molecule has 0 aliphatic carbocycles. The first-order valence-electron chi connectivity index (χ1n) is 4.17. The zero-order chi connectivity index (χ0) is 9.97. The number of hydrogen-bond donors (Lipinski definition) is 2. The molecule has 0 aliphatic heterocycles. The molecule has 0 spiro atoms. The van der Waals surface area contributed by atoms with Crippen molar-refractivity contribution in [2.75, 3.05) is 5.73 Å². The quantitative estimate of drug-likeness (QED) is 0.700. The molecule has 0 aliphatic rings. The number of benzene rings is 1. The Labute approximate surface area is 80.4 Å².